The first-order valence-corrected chi connectivity index (χ1v) is 8.81. The van der Waals surface area contributed by atoms with Crippen LogP contribution in [0.3, 0.4) is 0 Å². The summed E-state index contributed by atoms with van der Waals surface area (Å²) < 4.78 is 5.57. The maximum absolute atomic E-state index is 5.57. The monoisotopic (exact) mass is 287 g/mol. The highest BCUT2D eigenvalue weighted by Crippen LogP contribution is 2.34. The SMILES string of the molecule is CCNC(c1ccc2c(c1)COC2)C1CCCCCCC1. The molecule has 1 aromatic carbocycles. The minimum Gasteiger partial charge on any atom is -0.372 e. The van der Waals surface area contributed by atoms with Crippen molar-refractivity contribution in [2.75, 3.05) is 6.54 Å². The molecule has 1 aromatic rings. The normalized spacial score (nSPS) is 21.6. The van der Waals surface area contributed by atoms with Crippen molar-refractivity contribution in [3.05, 3.63) is 34.9 Å². The van der Waals surface area contributed by atoms with Crippen molar-refractivity contribution in [1.29, 1.82) is 0 Å². The number of hydrogen-bond acceptors (Lipinski definition) is 2. The molecule has 0 spiro atoms. The second-order valence-electron chi connectivity index (χ2n) is 6.66. The number of hydrogen-bond donors (Lipinski definition) is 1. The fourth-order valence-electron chi connectivity index (χ4n) is 3.98. The molecule has 1 aliphatic heterocycles. The Labute approximate surface area is 129 Å². The Morgan fingerprint density at radius 3 is 2.52 bits per heavy atom. The summed E-state index contributed by atoms with van der Waals surface area (Å²) in [5.41, 5.74) is 4.26. The molecule has 1 N–H and O–H groups in total. The average Bonchev–Trinajstić information content (AvgIpc) is 2.92. The van der Waals surface area contributed by atoms with Gasteiger partial charge in [-0.25, -0.2) is 0 Å². The lowest BCUT2D eigenvalue weighted by molar-refractivity contribution is 0.134. The molecule has 1 atom stereocenters. The number of rotatable bonds is 4. The van der Waals surface area contributed by atoms with Crippen molar-refractivity contribution in [3.63, 3.8) is 0 Å². The molecule has 1 aliphatic carbocycles. The van der Waals surface area contributed by atoms with Gasteiger partial charge in [0.2, 0.25) is 0 Å². The van der Waals surface area contributed by atoms with Gasteiger partial charge < -0.3 is 10.1 Å². The Hall–Kier alpha value is -0.860. The van der Waals surface area contributed by atoms with Crippen LogP contribution in [0.2, 0.25) is 0 Å². The second kappa shape index (κ2) is 7.42. The van der Waals surface area contributed by atoms with Crippen LogP contribution in [0.5, 0.6) is 0 Å². The molecule has 0 radical (unpaired) electrons. The molecule has 21 heavy (non-hydrogen) atoms. The average molecular weight is 287 g/mol. The standard InChI is InChI=1S/C19H29NO/c1-2-20-19(15-8-6-4-3-5-7-9-15)16-10-11-17-13-21-14-18(17)12-16/h10-12,15,19-20H,2-9,13-14H2,1H3. The maximum Gasteiger partial charge on any atom is 0.0725 e. The van der Waals surface area contributed by atoms with Crippen LogP contribution in [-0.4, -0.2) is 6.54 Å². The van der Waals surface area contributed by atoms with Crippen molar-refractivity contribution in [3.8, 4) is 0 Å². The molecule has 2 aliphatic rings. The summed E-state index contributed by atoms with van der Waals surface area (Å²) in [6.07, 6.45) is 9.85. The summed E-state index contributed by atoms with van der Waals surface area (Å²) in [7, 11) is 0. The first-order valence-electron chi connectivity index (χ1n) is 8.81. The van der Waals surface area contributed by atoms with Crippen LogP contribution in [0.25, 0.3) is 0 Å². The van der Waals surface area contributed by atoms with Crippen LogP contribution < -0.4 is 5.32 Å². The Balaban J connectivity index is 1.79. The molecule has 116 valence electrons. The van der Waals surface area contributed by atoms with E-state index in [9.17, 15) is 0 Å². The van der Waals surface area contributed by atoms with E-state index in [-0.39, 0.29) is 0 Å². The smallest absolute Gasteiger partial charge is 0.0725 e. The fourth-order valence-corrected chi connectivity index (χ4v) is 3.98. The Morgan fingerprint density at radius 1 is 1.05 bits per heavy atom. The van der Waals surface area contributed by atoms with Crippen LogP contribution in [0.4, 0.5) is 0 Å². The van der Waals surface area contributed by atoms with Gasteiger partial charge in [-0.1, -0.05) is 57.2 Å². The van der Waals surface area contributed by atoms with Crippen LogP contribution >= 0.6 is 0 Å². The summed E-state index contributed by atoms with van der Waals surface area (Å²) in [4.78, 5) is 0. The molecular weight excluding hydrogens is 258 g/mol. The van der Waals surface area contributed by atoms with Gasteiger partial charge in [0.25, 0.3) is 0 Å². The molecule has 2 nitrogen and oxygen atoms in total. The van der Waals surface area contributed by atoms with E-state index in [2.05, 4.69) is 30.4 Å². The minimum atomic E-state index is 0.527. The number of fused-ring (bicyclic) bond motifs is 1. The summed E-state index contributed by atoms with van der Waals surface area (Å²) in [5, 5.41) is 3.77. The molecule has 3 rings (SSSR count). The molecule has 0 amide bonds. The summed E-state index contributed by atoms with van der Waals surface area (Å²) in [6, 6.07) is 7.54. The van der Waals surface area contributed by atoms with E-state index in [1.807, 2.05) is 0 Å². The molecule has 0 bridgehead atoms. The van der Waals surface area contributed by atoms with Gasteiger partial charge in [-0.2, -0.15) is 0 Å². The van der Waals surface area contributed by atoms with Gasteiger partial charge in [0.1, 0.15) is 0 Å². The van der Waals surface area contributed by atoms with E-state index >= 15 is 0 Å². The van der Waals surface area contributed by atoms with Crippen LogP contribution in [0.15, 0.2) is 18.2 Å². The highest BCUT2D eigenvalue weighted by molar-refractivity contribution is 5.35. The summed E-state index contributed by atoms with van der Waals surface area (Å²) >= 11 is 0. The lowest BCUT2D eigenvalue weighted by Crippen LogP contribution is -2.29. The first-order chi connectivity index (χ1) is 10.4. The lowest BCUT2D eigenvalue weighted by atomic mass is 9.82. The molecule has 1 unspecified atom stereocenters. The van der Waals surface area contributed by atoms with E-state index in [0.29, 0.717) is 6.04 Å². The van der Waals surface area contributed by atoms with Gasteiger partial charge in [-0.05, 0) is 42.0 Å². The third-order valence-corrected chi connectivity index (χ3v) is 5.15. The van der Waals surface area contributed by atoms with E-state index in [4.69, 9.17) is 4.74 Å². The highest BCUT2D eigenvalue weighted by atomic mass is 16.5. The van der Waals surface area contributed by atoms with Crippen LogP contribution in [0.1, 0.15) is 74.6 Å². The highest BCUT2D eigenvalue weighted by Gasteiger charge is 2.24. The van der Waals surface area contributed by atoms with Gasteiger partial charge in [-0.3, -0.25) is 0 Å². The predicted molar refractivity (Wildman–Crippen MR) is 87.2 cm³/mol. The van der Waals surface area contributed by atoms with Crippen molar-refractivity contribution in [2.45, 2.75) is 71.1 Å². The zero-order chi connectivity index (χ0) is 14.5. The molecule has 0 saturated heterocycles. The maximum atomic E-state index is 5.57. The molecule has 1 heterocycles. The van der Waals surface area contributed by atoms with Gasteiger partial charge in [0.05, 0.1) is 13.2 Å². The van der Waals surface area contributed by atoms with Gasteiger partial charge >= 0.3 is 0 Å². The molecular formula is C19H29NO. The molecule has 1 saturated carbocycles. The zero-order valence-electron chi connectivity index (χ0n) is 13.4. The number of benzene rings is 1. The molecule has 2 heteroatoms. The predicted octanol–water partition coefficient (Wildman–Crippen LogP) is 4.73. The number of nitrogens with one attached hydrogen (secondary N) is 1. The zero-order valence-corrected chi connectivity index (χ0v) is 13.4. The van der Waals surface area contributed by atoms with Crippen molar-refractivity contribution < 1.29 is 4.74 Å². The minimum absolute atomic E-state index is 0.527. The van der Waals surface area contributed by atoms with Crippen molar-refractivity contribution in [1.82, 2.24) is 5.32 Å². The van der Waals surface area contributed by atoms with Gasteiger partial charge in [0.15, 0.2) is 0 Å². The van der Waals surface area contributed by atoms with Crippen molar-refractivity contribution >= 4 is 0 Å². The summed E-state index contributed by atoms with van der Waals surface area (Å²) in [5.74, 6) is 0.797. The van der Waals surface area contributed by atoms with Crippen molar-refractivity contribution in [2.24, 2.45) is 5.92 Å². The Morgan fingerprint density at radius 2 is 1.76 bits per heavy atom. The van der Waals surface area contributed by atoms with E-state index in [0.717, 1.165) is 25.7 Å². The third-order valence-electron chi connectivity index (χ3n) is 5.15. The third kappa shape index (κ3) is 3.67. The van der Waals surface area contributed by atoms with E-state index < -0.39 is 0 Å². The lowest BCUT2D eigenvalue weighted by Gasteiger charge is -2.30. The Bertz CT molecular complexity index is 449. The van der Waals surface area contributed by atoms with E-state index in [1.165, 1.54) is 61.6 Å². The van der Waals surface area contributed by atoms with Gasteiger partial charge in [0, 0.05) is 6.04 Å². The first kappa shape index (κ1) is 15.1. The fraction of sp³-hybridized carbons (Fsp3) is 0.684. The second-order valence-corrected chi connectivity index (χ2v) is 6.66. The van der Waals surface area contributed by atoms with Crippen LogP contribution in [-0.2, 0) is 18.0 Å². The molecule has 1 fully saturated rings. The topological polar surface area (TPSA) is 21.3 Å². The largest absolute Gasteiger partial charge is 0.372 e. The Kier molecular flexibility index (Phi) is 5.32. The van der Waals surface area contributed by atoms with E-state index in [1.54, 1.807) is 0 Å². The van der Waals surface area contributed by atoms with Gasteiger partial charge in [-0.15, -0.1) is 0 Å². The number of ether oxygens (including phenoxy) is 1. The summed E-state index contributed by atoms with van der Waals surface area (Å²) in [6.45, 7) is 4.87. The molecule has 0 aromatic heterocycles. The van der Waals surface area contributed by atoms with Crippen LogP contribution in [0, 0.1) is 5.92 Å². The quantitative estimate of drug-likeness (QED) is 0.864.